The van der Waals surface area contributed by atoms with Crippen LogP contribution in [0.15, 0.2) is 23.1 Å². The molecule has 1 aliphatic heterocycles. The van der Waals surface area contributed by atoms with Crippen LogP contribution in [0.5, 0.6) is 0 Å². The van der Waals surface area contributed by atoms with Gasteiger partial charge in [-0.2, -0.15) is 10.4 Å². The molecule has 2 atom stereocenters. The number of hydrogen-bond acceptors (Lipinski definition) is 4. The molecule has 4 rings (SSSR count). The Kier molecular flexibility index (Phi) is 2.82. The highest BCUT2D eigenvalue weighted by Gasteiger charge is 2.61. The zero-order valence-electron chi connectivity index (χ0n) is 12.0. The predicted molar refractivity (Wildman–Crippen MR) is 83.0 cm³/mol. The Morgan fingerprint density at radius 3 is 2.95 bits per heavy atom. The maximum atomic E-state index is 13.0. The van der Waals surface area contributed by atoms with Gasteiger partial charge in [-0.05, 0) is 40.8 Å². The molecule has 0 unspecified atom stereocenters. The normalized spacial score (nSPS) is 28.3. The van der Waals surface area contributed by atoms with E-state index in [9.17, 15) is 10.1 Å². The van der Waals surface area contributed by atoms with Crippen LogP contribution in [0, 0.1) is 28.6 Å². The first-order valence-electron chi connectivity index (χ1n) is 7.30. The number of fused-ring (bicyclic) bond motifs is 1. The second-order valence-corrected chi connectivity index (χ2v) is 7.06. The van der Waals surface area contributed by atoms with Crippen LogP contribution < -0.4 is 4.90 Å². The largest absolute Gasteiger partial charge is 0.293 e. The van der Waals surface area contributed by atoms with Crippen molar-refractivity contribution in [3.8, 4) is 6.07 Å². The summed E-state index contributed by atoms with van der Waals surface area (Å²) in [6.07, 6.45) is 5.19. The summed E-state index contributed by atoms with van der Waals surface area (Å²) in [7, 11) is 0. The summed E-state index contributed by atoms with van der Waals surface area (Å²) in [5, 5.41) is 13.9. The predicted octanol–water partition coefficient (Wildman–Crippen LogP) is 2.39. The van der Waals surface area contributed by atoms with E-state index in [0.717, 1.165) is 22.8 Å². The summed E-state index contributed by atoms with van der Waals surface area (Å²) < 4.78 is 2.57. The van der Waals surface area contributed by atoms with Crippen molar-refractivity contribution in [3.63, 3.8) is 0 Å². The van der Waals surface area contributed by atoms with Crippen LogP contribution in [-0.4, -0.2) is 27.0 Å². The molecular formula is C15H14BrN5O. The lowest BCUT2D eigenvalue weighted by atomic mass is 9.75. The van der Waals surface area contributed by atoms with Crippen LogP contribution in [0.2, 0.25) is 0 Å². The minimum absolute atomic E-state index is 0.00548. The number of halogens is 1. The zero-order chi connectivity index (χ0) is 15.5. The molecule has 22 heavy (non-hydrogen) atoms. The first kappa shape index (κ1) is 13.7. The molecule has 0 bridgehead atoms. The lowest BCUT2D eigenvalue weighted by Gasteiger charge is -2.22. The van der Waals surface area contributed by atoms with Gasteiger partial charge in [0.2, 0.25) is 5.91 Å². The van der Waals surface area contributed by atoms with Crippen molar-refractivity contribution in [3.05, 3.63) is 23.1 Å². The van der Waals surface area contributed by atoms with Gasteiger partial charge < -0.3 is 0 Å². The number of anilines is 1. The van der Waals surface area contributed by atoms with Crippen LogP contribution in [0.3, 0.4) is 0 Å². The van der Waals surface area contributed by atoms with Gasteiger partial charge in [0.05, 0.1) is 6.07 Å². The molecule has 112 valence electrons. The fourth-order valence-electron chi connectivity index (χ4n) is 3.58. The number of hydrogen-bond donors (Lipinski definition) is 0. The molecule has 0 N–H and O–H groups in total. The summed E-state index contributed by atoms with van der Waals surface area (Å²) in [5.74, 6) is 0.672. The van der Waals surface area contributed by atoms with Gasteiger partial charge in [0.15, 0.2) is 5.82 Å². The Labute approximate surface area is 135 Å². The number of amides is 1. The zero-order valence-corrected chi connectivity index (χ0v) is 13.6. The third-order valence-electron chi connectivity index (χ3n) is 4.85. The van der Waals surface area contributed by atoms with E-state index in [1.807, 2.05) is 19.2 Å². The Balaban J connectivity index is 1.83. The molecule has 1 aliphatic carbocycles. The van der Waals surface area contributed by atoms with Crippen LogP contribution in [0.25, 0.3) is 5.52 Å². The van der Waals surface area contributed by atoms with Crippen molar-refractivity contribution in [2.75, 3.05) is 11.4 Å². The van der Waals surface area contributed by atoms with Crippen molar-refractivity contribution in [1.82, 2.24) is 14.6 Å². The van der Waals surface area contributed by atoms with E-state index in [2.05, 4.69) is 32.1 Å². The summed E-state index contributed by atoms with van der Waals surface area (Å²) in [5.41, 5.74) is -0.120. The van der Waals surface area contributed by atoms with Gasteiger partial charge >= 0.3 is 0 Å². The first-order valence-corrected chi connectivity index (χ1v) is 8.09. The molecule has 2 aromatic heterocycles. The molecule has 1 amide bonds. The standard InChI is InChI=1S/C15H14BrN5O/c1-9-5-20(14(22)15(9,7-17)10-2-3-10)13-12-4-11(16)6-21(12)19-8-18-13/h4,6,8-10H,2-3,5H2,1H3/t9-,15+/m1/s1. The molecule has 2 aliphatic rings. The fraction of sp³-hybridized carbons (Fsp3) is 0.467. The molecule has 0 aromatic carbocycles. The Morgan fingerprint density at radius 2 is 2.27 bits per heavy atom. The van der Waals surface area contributed by atoms with Gasteiger partial charge in [-0.15, -0.1) is 0 Å². The SMILES string of the molecule is C[C@@H]1CN(c2ncnn3cc(Br)cc23)C(=O)[C@]1(C#N)C1CC1. The average molecular weight is 360 g/mol. The molecule has 0 spiro atoms. The van der Waals surface area contributed by atoms with Gasteiger partial charge in [-0.3, -0.25) is 9.69 Å². The quantitative estimate of drug-likeness (QED) is 0.824. The van der Waals surface area contributed by atoms with E-state index in [1.54, 1.807) is 9.42 Å². The molecule has 2 aromatic rings. The van der Waals surface area contributed by atoms with Crippen molar-refractivity contribution in [2.45, 2.75) is 19.8 Å². The van der Waals surface area contributed by atoms with Gasteiger partial charge in [-0.1, -0.05) is 6.92 Å². The second kappa shape index (κ2) is 4.53. The molecule has 1 saturated carbocycles. The second-order valence-electron chi connectivity index (χ2n) is 6.14. The highest BCUT2D eigenvalue weighted by molar-refractivity contribution is 9.10. The summed E-state index contributed by atoms with van der Waals surface area (Å²) >= 11 is 3.42. The third kappa shape index (κ3) is 1.67. The topological polar surface area (TPSA) is 74.3 Å². The number of rotatable bonds is 2. The minimum atomic E-state index is -0.883. The van der Waals surface area contributed by atoms with Crippen molar-refractivity contribution >= 4 is 33.2 Å². The maximum Gasteiger partial charge on any atom is 0.249 e. The van der Waals surface area contributed by atoms with Crippen LogP contribution in [-0.2, 0) is 4.79 Å². The number of carbonyl (C=O) groups excluding carboxylic acids is 1. The van der Waals surface area contributed by atoms with E-state index < -0.39 is 5.41 Å². The number of aromatic nitrogens is 3. The average Bonchev–Trinajstić information content (AvgIpc) is 3.21. The molecular weight excluding hydrogens is 346 g/mol. The Hall–Kier alpha value is -1.94. The molecule has 1 saturated heterocycles. The van der Waals surface area contributed by atoms with Gasteiger partial charge in [-0.25, -0.2) is 9.50 Å². The highest BCUT2D eigenvalue weighted by atomic mass is 79.9. The number of carbonyl (C=O) groups is 1. The fourth-order valence-corrected chi connectivity index (χ4v) is 3.99. The first-order chi connectivity index (χ1) is 10.6. The van der Waals surface area contributed by atoms with E-state index in [0.29, 0.717) is 12.4 Å². The minimum Gasteiger partial charge on any atom is -0.293 e. The van der Waals surface area contributed by atoms with Crippen molar-refractivity contribution in [2.24, 2.45) is 17.3 Å². The monoisotopic (exact) mass is 359 g/mol. The smallest absolute Gasteiger partial charge is 0.249 e. The van der Waals surface area contributed by atoms with E-state index in [1.165, 1.54) is 6.33 Å². The van der Waals surface area contributed by atoms with Crippen LogP contribution in [0.1, 0.15) is 19.8 Å². The Bertz CT molecular complexity index is 821. The van der Waals surface area contributed by atoms with E-state index in [4.69, 9.17) is 0 Å². The van der Waals surface area contributed by atoms with Gasteiger partial charge in [0, 0.05) is 23.1 Å². The molecule has 2 fully saturated rings. The summed E-state index contributed by atoms with van der Waals surface area (Å²) in [6.45, 7) is 2.52. The third-order valence-corrected chi connectivity index (χ3v) is 5.28. The van der Waals surface area contributed by atoms with Crippen LogP contribution in [0.4, 0.5) is 5.82 Å². The summed E-state index contributed by atoms with van der Waals surface area (Å²) in [6, 6.07) is 4.23. The molecule has 3 heterocycles. The van der Waals surface area contributed by atoms with Crippen molar-refractivity contribution < 1.29 is 4.79 Å². The van der Waals surface area contributed by atoms with Gasteiger partial charge in [0.1, 0.15) is 17.3 Å². The van der Waals surface area contributed by atoms with Gasteiger partial charge in [0.25, 0.3) is 0 Å². The van der Waals surface area contributed by atoms with E-state index >= 15 is 0 Å². The molecule has 6 nitrogen and oxygen atoms in total. The Morgan fingerprint density at radius 1 is 1.50 bits per heavy atom. The lowest BCUT2D eigenvalue weighted by molar-refractivity contribution is -0.124. The lowest BCUT2D eigenvalue weighted by Crippen LogP contribution is -2.37. The van der Waals surface area contributed by atoms with Crippen LogP contribution >= 0.6 is 15.9 Å². The maximum absolute atomic E-state index is 13.0. The molecule has 7 heteroatoms. The van der Waals surface area contributed by atoms with Crippen molar-refractivity contribution in [1.29, 1.82) is 5.26 Å². The number of nitriles is 1. The summed E-state index contributed by atoms with van der Waals surface area (Å²) in [4.78, 5) is 19.0. The molecule has 0 radical (unpaired) electrons. The number of nitrogens with zero attached hydrogens (tertiary/aromatic N) is 5. The van der Waals surface area contributed by atoms with E-state index in [-0.39, 0.29) is 17.7 Å². The highest BCUT2D eigenvalue weighted by Crippen LogP contribution is 2.54.